The molecule has 0 bridgehead atoms. The first-order chi connectivity index (χ1) is 4.61. The molecule has 0 radical (unpaired) electrons. The maximum Gasteiger partial charge on any atom is 0.330 e. The highest BCUT2D eigenvalue weighted by atomic mass is 35.5. The van der Waals surface area contributed by atoms with E-state index in [1.54, 1.807) is 0 Å². The molecule has 10 heavy (non-hydrogen) atoms. The maximum absolute atomic E-state index is 10.3. The summed E-state index contributed by atoms with van der Waals surface area (Å²) < 4.78 is 0. The van der Waals surface area contributed by atoms with Gasteiger partial charge in [0.25, 0.3) is 0 Å². The summed E-state index contributed by atoms with van der Waals surface area (Å²) >= 11 is 5.37. The quantitative estimate of drug-likeness (QED) is 0.315. The van der Waals surface area contributed by atoms with Crippen molar-refractivity contribution in [1.29, 1.82) is 0 Å². The Hall–Kier alpha value is -1.03. The first kappa shape index (κ1) is 7.08. The summed E-state index contributed by atoms with van der Waals surface area (Å²) in [7, 11) is 0. The Morgan fingerprint density at radius 3 is 2.70 bits per heavy atom. The van der Waals surface area contributed by atoms with Gasteiger partial charge in [-0.3, -0.25) is 4.79 Å². The summed E-state index contributed by atoms with van der Waals surface area (Å²) in [5, 5.41) is 9.60. The number of alkyl halides is 1. The number of halogens is 1. The van der Waals surface area contributed by atoms with Crippen LogP contribution in [0.1, 0.15) is 0 Å². The molecule has 0 saturated carbocycles. The molecule has 1 fully saturated rings. The van der Waals surface area contributed by atoms with E-state index in [1.807, 2.05) is 0 Å². The smallest absolute Gasteiger partial charge is 0.330 e. The molecule has 1 saturated heterocycles. The molecule has 0 spiro atoms. The zero-order chi connectivity index (χ0) is 7.72. The third-order valence-electron chi connectivity index (χ3n) is 1.05. The molecule has 4 nitrogen and oxygen atoms in total. The predicted molar refractivity (Wildman–Crippen MR) is 33.5 cm³/mol. The monoisotopic (exact) mass is 161 g/mol. The van der Waals surface area contributed by atoms with E-state index in [-0.39, 0.29) is 11.6 Å². The molecule has 1 aliphatic rings. The van der Waals surface area contributed by atoms with E-state index in [9.17, 15) is 9.59 Å². The van der Waals surface area contributed by atoms with Gasteiger partial charge >= 0.3 is 5.97 Å². The summed E-state index contributed by atoms with van der Waals surface area (Å²) in [6.07, 6.45) is 0.874. The van der Waals surface area contributed by atoms with Crippen LogP contribution in [0.3, 0.4) is 0 Å². The van der Waals surface area contributed by atoms with E-state index < -0.39 is 11.3 Å². The maximum atomic E-state index is 10.3. The van der Waals surface area contributed by atoms with Gasteiger partial charge in [-0.25, -0.2) is 4.79 Å². The zero-order valence-corrected chi connectivity index (χ0v) is 5.55. The molecule has 2 N–H and O–H groups in total. The fourth-order valence-corrected chi connectivity index (χ4v) is 0.747. The molecule has 1 heterocycles. The van der Waals surface area contributed by atoms with Crippen LogP contribution in [0.25, 0.3) is 0 Å². The molecular formula is C5H4ClNO3. The second-order valence-corrected chi connectivity index (χ2v) is 2.23. The fourth-order valence-electron chi connectivity index (χ4n) is 0.575. The van der Waals surface area contributed by atoms with Gasteiger partial charge in [-0.15, -0.1) is 11.6 Å². The Bertz CT molecular complexity index is 223. The highest BCUT2D eigenvalue weighted by Gasteiger charge is 2.32. The van der Waals surface area contributed by atoms with Gasteiger partial charge in [-0.1, -0.05) is 0 Å². The van der Waals surface area contributed by atoms with Crippen LogP contribution in [-0.2, 0) is 9.59 Å². The number of carboxylic acid groups (broad SMARTS) is 1. The van der Waals surface area contributed by atoms with Gasteiger partial charge < -0.3 is 10.4 Å². The Morgan fingerprint density at radius 1 is 1.80 bits per heavy atom. The van der Waals surface area contributed by atoms with Crippen LogP contribution in [0.2, 0.25) is 0 Å². The lowest BCUT2D eigenvalue weighted by atomic mass is 10.1. The molecule has 0 aromatic carbocycles. The van der Waals surface area contributed by atoms with Crippen LogP contribution in [0.5, 0.6) is 0 Å². The van der Waals surface area contributed by atoms with Gasteiger partial charge in [-0.2, -0.15) is 0 Å². The third kappa shape index (κ3) is 1.11. The summed E-state index contributed by atoms with van der Waals surface area (Å²) in [5.74, 6) is -1.46. The van der Waals surface area contributed by atoms with E-state index in [0.717, 1.165) is 6.08 Å². The minimum atomic E-state index is -1.11. The molecule has 54 valence electrons. The van der Waals surface area contributed by atoms with Gasteiger partial charge in [0.1, 0.15) is 0 Å². The third-order valence-corrected chi connectivity index (χ3v) is 1.48. The van der Waals surface area contributed by atoms with E-state index >= 15 is 0 Å². The molecule has 5 heteroatoms. The number of rotatable bonds is 1. The molecule has 0 aromatic heterocycles. The van der Waals surface area contributed by atoms with Crippen molar-refractivity contribution in [2.45, 2.75) is 5.38 Å². The molecular weight excluding hydrogens is 158 g/mol. The highest BCUT2D eigenvalue weighted by Crippen LogP contribution is 2.16. The molecule has 0 aliphatic carbocycles. The fraction of sp³-hybridized carbons (Fsp3) is 0.200. The van der Waals surface area contributed by atoms with Crippen molar-refractivity contribution >= 4 is 23.5 Å². The van der Waals surface area contributed by atoms with Crippen molar-refractivity contribution in [3.63, 3.8) is 0 Å². The Labute approximate surface area is 61.5 Å². The summed E-state index contributed by atoms with van der Waals surface area (Å²) in [5.41, 5.74) is 0.249. The largest absolute Gasteiger partial charge is 0.478 e. The topological polar surface area (TPSA) is 66.4 Å². The van der Waals surface area contributed by atoms with Gasteiger partial charge in [-0.05, 0) is 0 Å². The minimum absolute atomic E-state index is 0.249. The number of carbonyl (C=O) groups excluding carboxylic acids is 1. The van der Waals surface area contributed by atoms with E-state index in [1.165, 1.54) is 0 Å². The lowest BCUT2D eigenvalue weighted by Crippen LogP contribution is -2.47. The number of aliphatic carboxylic acids is 1. The number of amides is 1. The minimum Gasteiger partial charge on any atom is -0.478 e. The number of nitrogens with one attached hydrogen (secondary N) is 1. The molecule has 0 aromatic rings. The average molecular weight is 162 g/mol. The van der Waals surface area contributed by atoms with Gasteiger partial charge in [0.15, 0.2) is 5.38 Å². The van der Waals surface area contributed by atoms with Crippen molar-refractivity contribution in [1.82, 2.24) is 5.32 Å². The number of β-lactam (4-membered cyclic amide) rings is 1. The van der Waals surface area contributed by atoms with Crippen LogP contribution in [0.4, 0.5) is 0 Å². The van der Waals surface area contributed by atoms with E-state index in [2.05, 4.69) is 5.32 Å². The molecule has 1 aliphatic heterocycles. The first-order valence-corrected chi connectivity index (χ1v) is 2.94. The number of carboxylic acids is 1. The van der Waals surface area contributed by atoms with Gasteiger partial charge in [0.05, 0.1) is 5.70 Å². The molecule has 1 amide bonds. The molecule has 1 rings (SSSR count). The lowest BCUT2D eigenvalue weighted by Gasteiger charge is -2.23. The number of hydrogen-bond acceptors (Lipinski definition) is 2. The average Bonchev–Trinajstić information content (AvgIpc) is 1.86. The van der Waals surface area contributed by atoms with Crippen LogP contribution in [-0.4, -0.2) is 22.4 Å². The first-order valence-electron chi connectivity index (χ1n) is 2.50. The summed E-state index contributed by atoms with van der Waals surface area (Å²) in [6.45, 7) is 0. The Morgan fingerprint density at radius 2 is 2.40 bits per heavy atom. The van der Waals surface area contributed by atoms with Crippen molar-refractivity contribution < 1.29 is 14.7 Å². The Balaban J connectivity index is 2.63. The zero-order valence-electron chi connectivity index (χ0n) is 4.80. The summed E-state index contributed by atoms with van der Waals surface area (Å²) in [4.78, 5) is 20.3. The second kappa shape index (κ2) is 2.30. The Kier molecular flexibility index (Phi) is 1.63. The van der Waals surface area contributed by atoms with Gasteiger partial charge in [0.2, 0.25) is 5.91 Å². The van der Waals surface area contributed by atoms with E-state index in [4.69, 9.17) is 16.7 Å². The normalized spacial score (nSPS) is 27.5. The standard InChI is InChI=1S/C5H4ClNO3/c6-4-2(1-3(8)9)7-5(4)10/h1,4H,(H,7,10)(H,8,9)/b2-1+. The van der Waals surface area contributed by atoms with Crippen molar-refractivity contribution in [3.8, 4) is 0 Å². The van der Waals surface area contributed by atoms with Crippen LogP contribution in [0, 0.1) is 0 Å². The predicted octanol–water partition coefficient (Wildman–Crippen LogP) is -0.308. The van der Waals surface area contributed by atoms with Crippen molar-refractivity contribution in [2.24, 2.45) is 0 Å². The number of hydrogen-bond donors (Lipinski definition) is 2. The van der Waals surface area contributed by atoms with Crippen molar-refractivity contribution in [2.75, 3.05) is 0 Å². The highest BCUT2D eigenvalue weighted by molar-refractivity contribution is 6.36. The lowest BCUT2D eigenvalue weighted by molar-refractivity contribution is -0.131. The second-order valence-electron chi connectivity index (χ2n) is 1.79. The van der Waals surface area contributed by atoms with Crippen LogP contribution < -0.4 is 5.32 Å². The van der Waals surface area contributed by atoms with Crippen LogP contribution in [0.15, 0.2) is 11.8 Å². The molecule has 1 unspecified atom stereocenters. The summed E-state index contributed by atoms with van der Waals surface area (Å²) in [6, 6.07) is 0. The SMILES string of the molecule is O=C(O)/C=C1/NC(=O)C1Cl. The number of carbonyl (C=O) groups is 2. The molecule has 1 atom stereocenters. The van der Waals surface area contributed by atoms with Crippen LogP contribution >= 0.6 is 11.6 Å². The van der Waals surface area contributed by atoms with Crippen molar-refractivity contribution in [3.05, 3.63) is 11.8 Å². The van der Waals surface area contributed by atoms with E-state index in [0.29, 0.717) is 0 Å². The van der Waals surface area contributed by atoms with Gasteiger partial charge in [0, 0.05) is 6.08 Å².